The maximum absolute atomic E-state index is 13.0. The highest BCUT2D eigenvalue weighted by atomic mass is 19.2. The molecule has 0 bridgehead atoms. The number of aromatic nitrogens is 1. The average molecular weight is 234 g/mol. The highest BCUT2D eigenvalue weighted by Gasteiger charge is 2.03. The van der Waals surface area contributed by atoms with E-state index >= 15 is 0 Å². The van der Waals surface area contributed by atoms with Crippen molar-refractivity contribution in [1.82, 2.24) is 4.98 Å². The number of hydrogen-bond donors (Lipinski definition) is 1. The van der Waals surface area contributed by atoms with Crippen molar-refractivity contribution in [2.45, 2.75) is 13.5 Å². The topological polar surface area (TPSA) is 24.9 Å². The Balaban J connectivity index is 2.08. The second-order valence-electron chi connectivity index (χ2n) is 3.74. The lowest BCUT2D eigenvalue weighted by Gasteiger charge is -2.08. The summed E-state index contributed by atoms with van der Waals surface area (Å²) in [6.07, 6.45) is 1.71. The van der Waals surface area contributed by atoms with Crippen LogP contribution in [0, 0.1) is 18.6 Å². The van der Waals surface area contributed by atoms with Crippen LogP contribution in [0.1, 0.15) is 11.3 Å². The molecule has 1 N–H and O–H groups in total. The van der Waals surface area contributed by atoms with Crippen LogP contribution in [0.25, 0.3) is 0 Å². The van der Waals surface area contributed by atoms with Gasteiger partial charge in [-0.25, -0.2) is 8.78 Å². The van der Waals surface area contributed by atoms with E-state index in [1.165, 1.54) is 6.07 Å². The number of nitrogens with one attached hydrogen (secondary N) is 1. The van der Waals surface area contributed by atoms with Crippen molar-refractivity contribution < 1.29 is 8.78 Å². The summed E-state index contributed by atoms with van der Waals surface area (Å²) in [5, 5.41) is 3.12. The molecule has 0 saturated heterocycles. The number of anilines is 1. The minimum absolute atomic E-state index is 0.434. The van der Waals surface area contributed by atoms with Crippen molar-refractivity contribution in [2.75, 3.05) is 5.32 Å². The van der Waals surface area contributed by atoms with Crippen molar-refractivity contribution >= 4 is 5.69 Å². The zero-order chi connectivity index (χ0) is 12.3. The van der Waals surface area contributed by atoms with Gasteiger partial charge in [-0.15, -0.1) is 0 Å². The lowest BCUT2D eigenvalue weighted by atomic mass is 10.2. The lowest BCUT2D eigenvalue weighted by Crippen LogP contribution is -2.02. The summed E-state index contributed by atoms with van der Waals surface area (Å²) in [7, 11) is 0. The van der Waals surface area contributed by atoms with Crippen LogP contribution in [0.3, 0.4) is 0 Å². The first kappa shape index (κ1) is 11.5. The quantitative estimate of drug-likeness (QED) is 0.881. The molecule has 88 valence electrons. The van der Waals surface area contributed by atoms with Gasteiger partial charge in [-0.05, 0) is 36.8 Å². The Hall–Kier alpha value is -1.97. The fourth-order valence-corrected chi connectivity index (χ4v) is 1.52. The zero-order valence-corrected chi connectivity index (χ0v) is 9.37. The zero-order valence-electron chi connectivity index (χ0n) is 9.37. The maximum Gasteiger partial charge on any atom is 0.159 e. The van der Waals surface area contributed by atoms with Gasteiger partial charge < -0.3 is 5.32 Å². The predicted octanol–water partition coefficient (Wildman–Crippen LogP) is 3.28. The molecule has 1 aromatic heterocycles. The molecule has 2 nitrogen and oxygen atoms in total. The molecule has 0 atom stereocenters. The van der Waals surface area contributed by atoms with Crippen molar-refractivity contribution in [1.29, 1.82) is 0 Å². The summed E-state index contributed by atoms with van der Waals surface area (Å²) in [6, 6.07) is 7.58. The van der Waals surface area contributed by atoms with Crippen LogP contribution in [-0.4, -0.2) is 4.98 Å². The van der Waals surface area contributed by atoms with Gasteiger partial charge in [0.25, 0.3) is 0 Å². The van der Waals surface area contributed by atoms with Crippen LogP contribution >= 0.6 is 0 Å². The van der Waals surface area contributed by atoms with E-state index in [1.807, 2.05) is 19.1 Å². The number of benzene rings is 1. The highest BCUT2D eigenvalue weighted by Crippen LogP contribution is 2.14. The Morgan fingerprint density at radius 2 is 2.00 bits per heavy atom. The summed E-state index contributed by atoms with van der Waals surface area (Å²) < 4.78 is 25.7. The summed E-state index contributed by atoms with van der Waals surface area (Å²) in [5.74, 6) is -1.65. The van der Waals surface area contributed by atoms with Crippen LogP contribution < -0.4 is 5.32 Å². The molecule has 0 saturated carbocycles. The number of pyridine rings is 1. The molecule has 1 heterocycles. The molecule has 0 spiro atoms. The van der Waals surface area contributed by atoms with Gasteiger partial charge in [0.1, 0.15) is 0 Å². The summed E-state index contributed by atoms with van der Waals surface area (Å²) >= 11 is 0. The second kappa shape index (κ2) is 4.91. The Morgan fingerprint density at radius 3 is 2.71 bits per heavy atom. The predicted molar refractivity (Wildman–Crippen MR) is 62.7 cm³/mol. The molecular weight excluding hydrogens is 222 g/mol. The Morgan fingerprint density at radius 1 is 1.18 bits per heavy atom. The van der Waals surface area contributed by atoms with Crippen LogP contribution in [0.15, 0.2) is 36.5 Å². The number of aryl methyl sites for hydroxylation is 1. The van der Waals surface area contributed by atoms with Crippen LogP contribution in [0.4, 0.5) is 14.5 Å². The van der Waals surface area contributed by atoms with Crippen LogP contribution in [0.5, 0.6) is 0 Å². The molecule has 0 aliphatic rings. The van der Waals surface area contributed by atoms with Gasteiger partial charge in [0.15, 0.2) is 11.6 Å². The van der Waals surface area contributed by atoms with E-state index in [2.05, 4.69) is 10.3 Å². The number of nitrogens with zero attached hydrogens (tertiary/aromatic N) is 1. The van der Waals surface area contributed by atoms with E-state index in [0.717, 1.165) is 17.4 Å². The number of halogens is 2. The maximum atomic E-state index is 13.0. The largest absolute Gasteiger partial charge is 0.380 e. The molecule has 0 aliphatic carbocycles. The molecule has 2 aromatic rings. The third kappa shape index (κ3) is 2.78. The first-order chi connectivity index (χ1) is 8.16. The summed E-state index contributed by atoms with van der Waals surface area (Å²) in [6.45, 7) is 2.32. The van der Waals surface area contributed by atoms with E-state index in [9.17, 15) is 8.78 Å². The fraction of sp³-hybridized carbons (Fsp3) is 0.154. The van der Waals surface area contributed by atoms with Crippen molar-refractivity contribution in [3.63, 3.8) is 0 Å². The Kier molecular flexibility index (Phi) is 3.32. The van der Waals surface area contributed by atoms with Crippen LogP contribution in [-0.2, 0) is 6.54 Å². The van der Waals surface area contributed by atoms with Gasteiger partial charge in [-0.3, -0.25) is 4.98 Å². The number of rotatable bonds is 3. The van der Waals surface area contributed by atoms with Crippen LogP contribution in [0.2, 0.25) is 0 Å². The standard InChI is InChI=1S/C13H12F2N2/c1-9-13(3-2-6-16-9)17-8-10-4-5-11(14)12(15)7-10/h2-7,17H,8H2,1H3. The van der Waals surface area contributed by atoms with E-state index < -0.39 is 11.6 Å². The van der Waals surface area contributed by atoms with E-state index in [0.29, 0.717) is 12.1 Å². The first-order valence-electron chi connectivity index (χ1n) is 5.26. The molecule has 0 aliphatic heterocycles. The van der Waals surface area contributed by atoms with Crippen molar-refractivity contribution in [2.24, 2.45) is 0 Å². The third-order valence-corrected chi connectivity index (χ3v) is 2.47. The summed E-state index contributed by atoms with van der Waals surface area (Å²) in [4.78, 5) is 4.13. The molecule has 0 amide bonds. The van der Waals surface area contributed by atoms with Gasteiger partial charge in [-0.1, -0.05) is 6.07 Å². The monoisotopic (exact) mass is 234 g/mol. The molecule has 2 rings (SSSR count). The van der Waals surface area contributed by atoms with Gasteiger partial charge in [0, 0.05) is 12.7 Å². The molecule has 0 radical (unpaired) electrons. The molecule has 17 heavy (non-hydrogen) atoms. The fourth-order valence-electron chi connectivity index (χ4n) is 1.52. The first-order valence-corrected chi connectivity index (χ1v) is 5.26. The summed E-state index contributed by atoms with van der Waals surface area (Å²) in [5.41, 5.74) is 2.44. The molecular formula is C13H12F2N2. The number of hydrogen-bond acceptors (Lipinski definition) is 2. The normalized spacial score (nSPS) is 10.3. The highest BCUT2D eigenvalue weighted by molar-refractivity contribution is 5.47. The molecule has 0 unspecified atom stereocenters. The van der Waals surface area contributed by atoms with E-state index in [1.54, 1.807) is 12.3 Å². The van der Waals surface area contributed by atoms with Gasteiger partial charge >= 0.3 is 0 Å². The molecule has 1 aromatic carbocycles. The second-order valence-corrected chi connectivity index (χ2v) is 3.74. The Labute approximate surface area is 98.3 Å². The SMILES string of the molecule is Cc1ncccc1NCc1ccc(F)c(F)c1. The minimum Gasteiger partial charge on any atom is -0.380 e. The van der Waals surface area contributed by atoms with E-state index in [4.69, 9.17) is 0 Å². The van der Waals surface area contributed by atoms with Gasteiger partial charge in [0.05, 0.1) is 11.4 Å². The smallest absolute Gasteiger partial charge is 0.159 e. The Bertz CT molecular complexity index is 527. The minimum atomic E-state index is -0.827. The van der Waals surface area contributed by atoms with Crippen molar-refractivity contribution in [3.8, 4) is 0 Å². The van der Waals surface area contributed by atoms with Crippen molar-refractivity contribution in [3.05, 3.63) is 59.4 Å². The van der Waals surface area contributed by atoms with E-state index in [-0.39, 0.29) is 0 Å². The third-order valence-electron chi connectivity index (χ3n) is 2.47. The molecule has 0 fully saturated rings. The van der Waals surface area contributed by atoms with Gasteiger partial charge in [-0.2, -0.15) is 0 Å². The average Bonchev–Trinajstić information content (AvgIpc) is 2.32. The molecule has 4 heteroatoms. The lowest BCUT2D eigenvalue weighted by molar-refractivity contribution is 0.507. The van der Waals surface area contributed by atoms with Gasteiger partial charge in [0.2, 0.25) is 0 Å².